The molecule has 31 heavy (non-hydrogen) atoms. The van der Waals surface area contributed by atoms with Gasteiger partial charge in [-0.1, -0.05) is 36.0 Å². The smallest absolute Gasteiger partial charge is 0.331 e. The van der Waals surface area contributed by atoms with E-state index in [1.807, 2.05) is 13.0 Å². The van der Waals surface area contributed by atoms with Crippen LogP contribution in [0.3, 0.4) is 0 Å². The van der Waals surface area contributed by atoms with E-state index in [-0.39, 0.29) is 0 Å². The maximum absolute atomic E-state index is 11.1. The summed E-state index contributed by atoms with van der Waals surface area (Å²) in [5, 5.41) is 6.32. The fraction of sp³-hybridized carbons (Fsp3) is 0.259. The highest BCUT2D eigenvalue weighted by Crippen LogP contribution is 2.36. The van der Waals surface area contributed by atoms with Crippen LogP contribution in [0.2, 0.25) is 0 Å². The van der Waals surface area contributed by atoms with E-state index in [1.165, 1.54) is 34.5 Å². The molecule has 0 aliphatic heterocycles. The normalized spacial score (nSPS) is 14.5. The summed E-state index contributed by atoms with van der Waals surface area (Å²) in [6.07, 6.45) is 6.52. The van der Waals surface area contributed by atoms with E-state index in [9.17, 15) is 4.79 Å². The number of carbonyl (C=O) groups excluding carboxylic acids is 1. The predicted octanol–water partition coefficient (Wildman–Crippen LogP) is 6.78. The third-order valence-corrected chi connectivity index (χ3v) is 6.03. The monoisotopic (exact) mass is 412 g/mol. The molecule has 3 aromatic rings. The Hall–Kier alpha value is -3.40. The average Bonchev–Trinajstić information content (AvgIpc) is 3.09. The molecule has 1 aromatic heterocycles. The van der Waals surface area contributed by atoms with E-state index < -0.39 is 5.97 Å². The molecular weight excluding hydrogens is 384 g/mol. The predicted molar refractivity (Wildman–Crippen MR) is 129 cm³/mol. The van der Waals surface area contributed by atoms with Gasteiger partial charge in [-0.2, -0.15) is 0 Å². The van der Waals surface area contributed by atoms with Crippen molar-refractivity contribution >= 4 is 39.1 Å². The molecule has 0 amide bonds. The first-order valence-electron chi connectivity index (χ1n) is 10.7. The van der Waals surface area contributed by atoms with Crippen LogP contribution in [-0.2, 0) is 16.2 Å². The van der Waals surface area contributed by atoms with E-state index in [1.54, 1.807) is 0 Å². The number of fused-ring (bicyclic) bond motifs is 3. The minimum atomic E-state index is -0.423. The second-order valence-electron chi connectivity index (χ2n) is 8.05. The molecule has 4 heteroatoms. The number of aryl methyl sites for hydroxylation is 1. The van der Waals surface area contributed by atoms with Crippen molar-refractivity contribution in [3.63, 3.8) is 0 Å². The van der Waals surface area contributed by atoms with Crippen molar-refractivity contribution in [3.8, 4) is 0 Å². The van der Waals surface area contributed by atoms with E-state index in [0.29, 0.717) is 5.71 Å². The van der Waals surface area contributed by atoms with E-state index >= 15 is 0 Å². The third-order valence-electron chi connectivity index (χ3n) is 6.03. The average molecular weight is 413 g/mol. The Kier molecular flexibility index (Phi) is 5.64. The Morgan fingerprint density at radius 2 is 1.74 bits per heavy atom. The van der Waals surface area contributed by atoms with Crippen LogP contribution in [0, 0.1) is 0 Å². The molecule has 0 saturated heterocycles. The number of aromatic nitrogens is 1. The van der Waals surface area contributed by atoms with Gasteiger partial charge in [-0.25, -0.2) is 4.79 Å². The standard InChI is InChI=1S/C27H28N2O2/c1-6-29-26-13-11-21(18(3)23-10-8-7-9-17(23)2)15-24(26)25-16-22(12-14-27(25)29)19(4)28-31-20(5)30/h7,9,11-16H,3,6,8,10H2,1-2,4-5H3/b28-19+. The van der Waals surface area contributed by atoms with Crippen LogP contribution in [0.15, 0.2) is 71.4 Å². The van der Waals surface area contributed by atoms with Crippen LogP contribution in [0.25, 0.3) is 27.4 Å². The molecule has 2 aromatic carbocycles. The zero-order valence-electron chi connectivity index (χ0n) is 18.7. The van der Waals surface area contributed by atoms with E-state index in [4.69, 9.17) is 4.84 Å². The van der Waals surface area contributed by atoms with Gasteiger partial charge in [0.1, 0.15) is 0 Å². The van der Waals surface area contributed by atoms with Crippen molar-refractivity contribution in [1.82, 2.24) is 4.57 Å². The minimum absolute atomic E-state index is 0.423. The highest BCUT2D eigenvalue weighted by atomic mass is 16.7. The molecule has 0 bridgehead atoms. The van der Waals surface area contributed by atoms with Gasteiger partial charge in [-0.05, 0) is 85.7 Å². The summed E-state index contributed by atoms with van der Waals surface area (Å²) in [5.41, 5.74) is 8.88. The maximum atomic E-state index is 11.1. The van der Waals surface area contributed by atoms with Crippen molar-refractivity contribution in [1.29, 1.82) is 0 Å². The SMILES string of the molecule is C=C(C1=C(C)C=CCC1)c1ccc2c(c1)c1cc(/C(C)=N/OC(C)=O)ccc1n2CC. The quantitative estimate of drug-likeness (QED) is 0.263. The number of hydrogen-bond acceptors (Lipinski definition) is 3. The first-order valence-corrected chi connectivity index (χ1v) is 10.7. The van der Waals surface area contributed by atoms with Crippen molar-refractivity contribution in [2.45, 2.75) is 47.1 Å². The van der Waals surface area contributed by atoms with Crippen molar-refractivity contribution in [2.75, 3.05) is 0 Å². The highest BCUT2D eigenvalue weighted by molar-refractivity contribution is 6.12. The van der Waals surface area contributed by atoms with Crippen molar-refractivity contribution in [2.24, 2.45) is 5.16 Å². The van der Waals surface area contributed by atoms with Crippen LogP contribution in [0.4, 0.5) is 0 Å². The molecule has 0 N–H and O–H groups in total. The van der Waals surface area contributed by atoms with Crippen LogP contribution in [0.1, 0.15) is 51.7 Å². The maximum Gasteiger partial charge on any atom is 0.331 e. The largest absolute Gasteiger partial charge is 0.341 e. The first-order chi connectivity index (χ1) is 14.9. The van der Waals surface area contributed by atoms with Gasteiger partial charge in [-0.15, -0.1) is 0 Å². The first kappa shape index (κ1) is 20.9. The van der Waals surface area contributed by atoms with Gasteiger partial charge in [0, 0.05) is 35.3 Å². The van der Waals surface area contributed by atoms with Crippen LogP contribution < -0.4 is 0 Å². The van der Waals surface area contributed by atoms with Gasteiger partial charge in [-0.3, -0.25) is 0 Å². The molecule has 0 radical (unpaired) electrons. The molecule has 0 spiro atoms. The summed E-state index contributed by atoms with van der Waals surface area (Å²) in [7, 11) is 0. The number of allylic oxidation sites excluding steroid dienone is 5. The number of rotatable bonds is 5. The Morgan fingerprint density at radius 1 is 1.10 bits per heavy atom. The molecule has 0 unspecified atom stereocenters. The zero-order chi connectivity index (χ0) is 22.1. The van der Waals surface area contributed by atoms with E-state index in [2.05, 4.69) is 72.6 Å². The molecular formula is C27H28N2O2. The molecule has 158 valence electrons. The van der Waals surface area contributed by atoms with Gasteiger partial charge < -0.3 is 9.40 Å². The Bertz CT molecular complexity index is 1300. The second kappa shape index (κ2) is 8.38. The number of carbonyl (C=O) groups is 1. The van der Waals surface area contributed by atoms with Crippen molar-refractivity contribution < 1.29 is 9.63 Å². The fourth-order valence-corrected chi connectivity index (χ4v) is 4.39. The molecule has 1 aliphatic rings. The van der Waals surface area contributed by atoms with Gasteiger partial charge >= 0.3 is 5.97 Å². The number of oxime groups is 1. The molecule has 4 rings (SSSR count). The molecule has 4 nitrogen and oxygen atoms in total. The van der Waals surface area contributed by atoms with Gasteiger partial charge in [0.2, 0.25) is 0 Å². The summed E-state index contributed by atoms with van der Waals surface area (Å²) in [5.74, 6) is -0.423. The summed E-state index contributed by atoms with van der Waals surface area (Å²) in [4.78, 5) is 15.9. The van der Waals surface area contributed by atoms with Gasteiger partial charge in [0.05, 0.1) is 5.71 Å². The molecule has 0 fully saturated rings. The third kappa shape index (κ3) is 3.86. The topological polar surface area (TPSA) is 43.6 Å². The van der Waals surface area contributed by atoms with Crippen LogP contribution in [0.5, 0.6) is 0 Å². The van der Waals surface area contributed by atoms with Gasteiger partial charge in [0.15, 0.2) is 0 Å². The van der Waals surface area contributed by atoms with E-state index in [0.717, 1.165) is 41.5 Å². The second-order valence-corrected chi connectivity index (χ2v) is 8.05. The lowest BCUT2D eigenvalue weighted by Gasteiger charge is -2.16. The lowest BCUT2D eigenvalue weighted by Crippen LogP contribution is -1.99. The lowest BCUT2D eigenvalue weighted by molar-refractivity contribution is -0.140. The summed E-state index contributed by atoms with van der Waals surface area (Å²) in [6, 6.07) is 12.9. The Morgan fingerprint density at radius 3 is 2.35 bits per heavy atom. The highest BCUT2D eigenvalue weighted by Gasteiger charge is 2.15. The molecule has 0 saturated carbocycles. The van der Waals surface area contributed by atoms with Crippen LogP contribution >= 0.6 is 0 Å². The number of benzene rings is 2. The number of hydrogen-bond donors (Lipinski definition) is 0. The summed E-state index contributed by atoms with van der Waals surface area (Å²) in [6.45, 7) is 12.8. The summed E-state index contributed by atoms with van der Waals surface area (Å²) >= 11 is 0. The molecule has 1 heterocycles. The van der Waals surface area contributed by atoms with Gasteiger partial charge in [0.25, 0.3) is 0 Å². The molecule has 0 atom stereocenters. The Balaban J connectivity index is 1.87. The fourth-order valence-electron chi connectivity index (χ4n) is 4.39. The number of nitrogens with zero attached hydrogens (tertiary/aromatic N) is 2. The Labute approximate surface area is 183 Å². The van der Waals surface area contributed by atoms with Crippen LogP contribution in [-0.4, -0.2) is 16.2 Å². The lowest BCUT2D eigenvalue weighted by atomic mass is 9.89. The van der Waals surface area contributed by atoms with Crippen molar-refractivity contribution in [3.05, 3.63) is 77.4 Å². The molecule has 1 aliphatic carbocycles. The minimum Gasteiger partial charge on any atom is -0.341 e. The summed E-state index contributed by atoms with van der Waals surface area (Å²) < 4.78 is 2.33. The zero-order valence-corrected chi connectivity index (χ0v) is 18.7.